The summed E-state index contributed by atoms with van der Waals surface area (Å²) < 4.78 is 11.8. The summed E-state index contributed by atoms with van der Waals surface area (Å²) in [7, 11) is 0. The number of nitrogens with one attached hydrogen (secondary N) is 2. The molecule has 29 heavy (non-hydrogen) atoms. The van der Waals surface area contributed by atoms with Gasteiger partial charge in [0.2, 0.25) is 0 Å². The zero-order valence-corrected chi connectivity index (χ0v) is 18.7. The van der Waals surface area contributed by atoms with Gasteiger partial charge in [-0.1, -0.05) is 39.8 Å². The van der Waals surface area contributed by atoms with Crippen LogP contribution in [0.2, 0.25) is 0 Å². The van der Waals surface area contributed by atoms with Crippen molar-refractivity contribution in [1.82, 2.24) is 10.9 Å². The number of rotatable bonds is 8. The van der Waals surface area contributed by atoms with Gasteiger partial charge >= 0.3 is 0 Å². The number of hydrogen-bond acceptors (Lipinski definition) is 4. The monoisotopic (exact) mass is 462 g/mol. The molecule has 0 fully saturated rings. The first-order chi connectivity index (χ1) is 13.8. The largest absolute Gasteiger partial charge is 0.492 e. The highest BCUT2D eigenvalue weighted by Gasteiger charge is 2.11. The Morgan fingerprint density at radius 1 is 0.966 bits per heavy atom. The van der Waals surface area contributed by atoms with E-state index in [1.807, 2.05) is 24.3 Å². The molecule has 0 saturated heterocycles. The number of amides is 2. The summed E-state index contributed by atoms with van der Waals surface area (Å²) in [5.74, 6) is 1.19. The molecule has 0 saturated carbocycles. The van der Waals surface area contributed by atoms with Crippen LogP contribution in [0.1, 0.15) is 49.5 Å². The van der Waals surface area contributed by atoms with E-state index in [-0.39, 0.29) is 6.61 Å². The van der Waals surface area contributed by atoms with Gasteiger partial charge in [-0.25, -0.2) is 0 Å². The molecule has 0 unspecified atom stereocenters. The van der Waals surface area contributed by atoms with Crippen molar-refractivity contribution in [3.05, 3.63) is 58.1 Å². The molecule has 0 aromatic heterocycles. The van der Waals surface area contributed by atoms with E-state index in [1.165, 1.54) is 5.56 Å². The van der Waals surface area contributed by atoms with E-state index in [1.54, 1.807) is 18.2 Å². The van der Waals surface area contributed by atoms with E-state index in [2.05, 4.69) is 54.5 Å². The molecule has 0 atom stereocenters. The van der Waals surface area contributed by atoms with Crippen molar-refractivity contribution in [1.29, 1.82) is 0 Å². The molecule has 156 valence electrons. The van der Waals surface area contributed by atoms with Crippen LogP contribution in [0.15, 0.2) is 46.9 Å². The Kier molecular flexibility index (Phi) is 8.51. The van der Waals surface area contributed by atoms with E-state index in [0.717, 1.165) is 0 Å². The number of benzene rings is 2. The number of halogens is 1. The minimum absolute atomic E-state index is 0.201. The van der Waals surface area contributed by atoms with E-state index >= 15 is 0 Å². The van der Waals surface area contributed by atoms with Crippen LogP contribution in [0.5, 0.6) is 11.5 Å². The zero-order valence-electron chi connectivity index (χ0n) is 17.1. The third-order valence-electron chi connectivity index (χ3n) is 4.00. The third-order valence-corrected chi connectivity index (χ3v) is 4.62. The summed E-state index contributed by atoms with van der Waals surface area (Å²) in [5, 5.41) is 0. The molecule has 7 heteroatoms. The van der Waals surface area contributed by atoms with Crippen LogP contribution >= 0.6 is 15.9 Å². The predicted octanol–water partition coefficient (Wildman–Crippen LogP) is 4.45. The topological polar surface area (TPSA) is 76.7 Å². The van der Waals surface area contributed by atoms with Crippen LogP contribution in [0.25, 0.3) is 0 Å². The average molecular weight is 463 g/mol. The summed E-state index contributed by atoms with van der Waals surface area (Å²) in [4.78, 5) is 24.1. The van der Waals surface area contributed by atoms with Crippen molar-refractivity contribution in [2.75, 3.05) is 13.2 Å². The fourth-order valence-corrected chi connectivity index (χ4v) is 2.84. The van der Waals surface area contributed by atoms with E-state index < -0.39 is 11.8 Å². The Labute approximate surface area is 180 Å². The Bertz CT molecular complexity index is 835. The zero-order chi connectivity index (χ0) is 21.4. The Hall–Kier alpha value is -2.54. The standard InChI is InChI=1S/C22H27BrN2O4/c1-14(2)12-29-20-10-7-17(11-19(20)23)22(27)25-24-21(26)13-28-18-8-5-16(6-9-18)15(3)4/h5-11,14-15H,12-13H2,1-4H3,(H,24,26)(H,25,27). The normalized spacial score (nSPS) is 10.7. The van der Waals surface area contributed by atoms with Crippen LogP contribution in [-0.2, 0) is 4.79 Å². The molecular formula is C22H27BrN2O4. The SMILES string of the molecule is CC(C)COc1ccc(C(=O)NNC(=O)COc2ccc(C(C)C)cc2)cc1Br. The number of carbonyl (C=O) groups is 2. The number of hydrazine groups is 1. The minimum atomic E-state index is -0.456. The molecule has 0 radical (unpaired) electrons. The molecule has 2 rings (SSSR count). The van der Waals surface area contributed by atoms with Gasteiger partial charge in [0.05, 0.1) is 11.1 Å². The summed E-state index contributed by atoms with van der Waals surface area (Å²) in [6.07, 6.45) is 0. The summed E-state index contributed by atoms with van der Waals surface area (Å²) in [6.45, 7) is 8.71. The highest BCUT2D eigenvalue weighted by molar-refractivity contribution is 9.10. The lowest BCUT2D eigenvalue weighted by molar-refractivity contribution is -0.123. The molecule has 0 aliphatic rings. The maximum absolute atomic E-state index is 12.2. The fraction of sp³-hybridized carbons (Fsp3) is 0.364. The highest BCUT2D eigenvalue weighted by Crippen LogP contribution is 2.26. The first-order valence-electron chi connectivity index (χ1n) is 9.50. The molecule has 6 nitrogen and oxygen atoms in total. The van der Waals surface area contributed by atoms with Gasteiger partial charge < -0.3 is 9.47 Å². The Balaban J connectivity index is 1.80. The first-order valence-corrected chi connectivity index (χ1v) is 10.3. The number of ether oxygens (including phenoxy) is 2. The average Bonchev–Trinajstić information content (AvgIpc) is 2.69. The lowest BCUT2D eigenvalue weighted by Crippen LogP contribution is -2.43. The molecule has 0 heterocycles. The predicted molar refractivity (Wildman–Crippen MR) is 116 cm³/mol. The Morgan fingerprint density at radius 3 is 2.24 bits per heavy atom. The van der Waals surface area contributed by atoms with Crippen molar-refractivity contribution in [3.63, 3.8) is 0 Å². The lowest BCUT2D eigenvalue weighted by Gasteiger charge is -2.12. The first kappa shape index (κ1) is 22.7. The van der Waals surface area contributed by atoms with Crippen LogP contribution in [0, 0.1) is 5.92 Å². The second-order valence-electron chi connectivity index (χ2n) is 7.36. The minimum Gasteiger partial charge on any atom is -0.492 e. The molecule has 0 aliphatic heterocycles. The third kappa shape index (κ3) is 7.42. The van der Waals surface area contributed by atoms with E-state index in [9.17, 15) is 9.59 Å². The quantitative estimate of drug-likeness (QED) is 0.568. The van der Waals surface area contributed by atoms with Gasteiger partial charge in [0.1, 0.15) is 11.5 Å². The summed E-state index contributed by atoms with van der Waals surface area (Å²) >= 11 is 3.40. The van der Waals surface area contributed by atoms with Gasteiger partial charge in [0.15, 0.2) is 6.61 Å². The van der Waals surface area contributed by atoms with Crippen molar-refractivity contribution < 1.29 is 19.1 Å². The van der Waals surface area contributed by atoms with Crippen molar-refractivity contribution in [3.8, 4) is 11.5 Å². The molecular weight excluding hydrogens is 436 g/mol. The second kappa shape index (κ2) is 10.9. The van der Waals surface area contributed by atoms with E-state index in [0.29, 0.717) is 40.0 Å². The van der Waals surface area contributed by atoms with E-state index in [4.69, 9.17) is 9.47 Å². The molecule has 2 aromatic rings. The summed E-state index contributed by atoms with van der Waals surface area (Å²) in [6, 6.07) is 12.6. The van der Waals surface area contributed by atoms with Gasteiger partial charge in [0.25, 0.3) is 11.8 Å². The van der Waals surface area contributed by atoms with Crippen molar-refractivity contribution in [2.24, 2.45) is 5.92 Å². The van der Waals surface area contributed by atoms with Crippen molar-refractivity contribution >= 4 is 27.7 Å². The number of carbonyl (C=O) groups excluding carboxylic acids is 2. The van der Waals surface area contributed by atoms with Crippen molar-refractivity contribution in [2.45, 2.75) is 33.6 Å². The van der Waals surface area contributed by atoms with Gasteiger partial charge in [-0.05, 0) is 63.7 Å². The second-order valence-corrected chi connectivity index (χ2v) is 8.22. The smallest absolute Gasteiger partial charge is 0.276 e. The summed E-state index contributed by atoms with van der Waals surface area (Å²) in [5.41, 5.74) is 6.30. The Morgan fingerprint density at radius 2 is 1.66 bits per heavy atom. The molecule has 0 aliphatic carbocycles. The van der Waals surface area contributed by atoms with Gasteiger partial charge in [-0.15, -0.1) is 0 Å². The molecule has 2 aromatic carbocycles. The molecule has 2 N–H and O–H groups in total. The van der Waals surface area contributed by atoms with Gasteiger partial charge in [-0.2, -0.15) is 0 Å². The van der Waals surface area contributed by atoms with Crippen LogP contribution in [-0.4, -0.2) is 25.0 Å². The highest BCUT2D eigenvalue weighted by atomic mass is 79.9. The van der Waals surface area contributed by atoms with Crippen LogP contribution < -0.4 is 20.3 Å². The molecule has 0 spiro atoms. The maximum atomic E-state index is 12.2. The molecule has 0 bridgehead atoms. The lowest BCUT2D eigenvalue weighted by atomic mass is 10.0. The van der Waals surface area contributed by atoms with Crippen LogP contribution in [0.3, 0.4) is 0 Å². The molecule has 2 amide bonds. The number of hydrogen-bond donors (Lipinski definition) is 2. The van der Waals surface area contributed by atoms with Gasteiger partial charge in [-0.3, -0.25) is 20.4 Å². The van der Waals surface area contributed by atoms with Crippen LogP contribution in [0.4, 0.5) is 0 Å². The maximum Gasteiger partial charge on any atom is 0.276 e. The van der Waals surface area contributed by atoms with Gasteiger partial charge in [0, 0.05) is 5.56 Å². The fourth-order valence-electron chi connectivity index (χ4n) is 2.35.